The largest absolute Gasteiger partial charge is 0.416 e. The smallest absolute Gasteiger partial charge is 0.376 e. The summed E-state index contributed by atoms with van der Waals surface area (Å²) in [5.74, 6) is -0.967. The maximum atomic E-state index is 13.6. The Bertz CT molecular complexity index is 988. The first-order chi connectivity index (χ1) is 15.7. The van der Waals surface area contributed by atoms with Crippen LogP contribution in [-0.2, 0) is 20.5 Å². The van der Waals surface area contributed by atoms with Crippen LogP contribution in [0.15, 0.2) is 35.5 Å². The molecule has 3 aliphatic rings. The van der Waals surface area contributed by atoms with Crippen molar-refractivity contribution in [1.82, 2.24) is 20.4 Å². The van der Waals surface area contributed by atoms with Crippen molar-refractivity contribution in [3.8, 4) is 0 Å². The molecule has 0 aromatic heterocycles. The Morgan fingerprint density at radius 3 is 2.70 bits per heavy atom. The van der Waals surface area contributed by atoms with E-state index in [4.69, 9.17) is 4.74 Å². The summed E-state index contributed by atoms with van der Waals surface area (Å²) >= 11 is 0. The number of nitrogens with zero attached hydrogens (tertiary/aromatic N) is 2. The highest BCUT2D eigenvalue weighted by Gasteiger charge is 2.46. The van der Waals surface area contributed by atoms with Gasteiger partial charge < -0.3 is 20.3 Å². The van der Waals surface area contributed by atoms with E-state index < -0.39 is 35.6 Å². The van der Waals surface area contributed by atoms with Crippen LogP contribution in [0, 0.1) is 0 Å². The van der Waals surface area contributed by atoms with Crippen LogP contribution in [0.4, 0.5) is 18.0 Å². The number of hydrogen-bond donors (Lipinski definition) is 2. The van der Waals surface area contributed by atoms with E-state index in [0.717, 1.165) is 18.9 Å². The minimum atomic E-state index is -4.66. The van der Waals surface area contributed by atoms with E-state index in [1.165, 1.54) is 28.0 Å². The highest BCUT2D eigenvalue weighted by Crippen LogP contribution is 2.41. The fraction of sp³-hybridized carbons (Fsp3) is 0.500. The van der Waals surface area contributed by atoms with Crippen LogP contribution in [0.25, 0.3) is 0 Å². The van der Waals surface area contributed by atoms with Gasteiger partial charge in [-0.05, 0) is 31.4 Å². The van der Waals surface area contributed by atoms with E-state index in [1.807, 2.05) is 0 Å². The molecule has 3 heterocycles. The number of alkyl halides is 3. The summed E-state index contributed by atoms with van der Waals surface area (Å²) in [5, 5.41) is 5.29. The summed E-state index contributed by atoms with van der Waals surface area (Å²) in [6, 6.07) is 3.01. The average molecular weight is 466 g/mol. The Balaban J connectivity index is 1.58. The van der Waals surface area contributed by atoms with Crippen molar-refractivity contribution < 1.29 is 32.3 Å². The molecule has 8 nitrogen and oxygen atoms in total. The topological polar surface area (TPSA) is 91.0 Å². The predicted molar refractivity (Wildman–Crippen MR) is 111 cm³/mol. The number of rotatable bonds is 6. The summed E-state index contributed by atoms with van der Waals surface area (Å²) in [4.78, 5) is 40.9. The molecule has 1 aromatic rings. The standard InChI is InChI=1S/C22H25F3N4O4/c1-2-29-16-11-28(12-17(30)26-10-13-6-5-9-33-13)20(31)18(16)19(27-21(29)32)14-7-3-4-8-15(14)22(23,24)25/h3-4,7-8,13,19H,2,5-6,9-12H2,1H3,(H,26,30)(H,27,32)/t13-,19+/m1/s1. The van der Waals surface area contributed by atoms with Crippen molar-refractivity contribution in [2.24, 2.45) is 0 Å². The van der Waals surface area contributed by atoms with Gasteiger partial charge in [-0.3, -0.25) is 14.5 Å². The zero-order chi connectivity index (χ0) is 23.8. The second kappa shape index (κ2) is 9.05. The summed E-state index contributed by atoms with van der Waals surface area (Å²) < 4.78 is 46.4. The van der Waals surface area contributed by atoms with Crippen LogP contribution in [0.2, 0.25) is 0 Å². The Morgan fingerprint density at radius 1 is 1.27 bits per heavy atom. The molecule has 0 unspecified atom stereocenters. The molecule has 2 N–H and O–H groups in total. The first-order valence-corrected chi connectivity index (χ1v) is 10.9. The second-order valence-corrected chi connectivity index (χ2v) is 8.17. The van der Waals surface area contributed by atoms with Gasteiger partial charge in [-0.15, -0.1) is 0 Å². The molecule has 4 rings (SSSR count). The second-order valence-electron chi connectivity index (χ2n) is 8.17. The van der Waals surface area contributed by atoms with E-state index in [0.29, 0.717) is 18.8 Å². The van der Waals surface area contributed by atoms with E-state index in [1.54, 1.807) is 6.92 Å². The summed E-state index contributed by atoms with van der Waals surface area (Å²) in [6.07, 6.45) is -2.95. The van der Waals surface area contributed by atoms with Crippen LogP contribution in [0.3, 0.4) is 0 Å². The fourth-order valence-electron chi connectivity index (χ4n) is 4.51. The molecule has 33 heavy (non-hydrogen) atoms. The number of nitrogens with one attached hydrogen (secondary N) is 2. The van der Waals surface area contributed by atoms with E-state index in [-0.39, 0.29) is 36.9 Å². The molecule has 0 saturated carbocycles. The van der Waals surface area contributed by atoms with Crippen molar-refractivity contribution in [3.05, 3.63) is 46.7 Å². The third-order valence-corrected chi connectivity index (χ3v) is 6.08. The van der Waals surface area contributed by atoms with Gasteiger partial charge in [-0.2, -0.15) is 13.2 Å². The van der Waals surface area contributed by atoms with Crippen LogP contribution >= 0.6 is 0 Å². The van der Waals surface area contributed by atoms with Gasteiger partial charge >= 0.3 is 12.2 Å². The van der Waals surface area contributed by atoms with E-state index in [2.05, 4.69) is 10.6 Å². The van der Waals surface area contributed by atoms with Crippen LogP contribution < -0.4 is 10.6 Å². The van der Waals surface area contributed by atoms with E-state index >= 15 is 0 Å². The summed E-state index contributed by atoms with van der Waals surface area (Å²) in [5.41, 5.74) is -0.757. The third-order valence-electron chi connectivity index (χ3n) is 6.08. The zero-order valence-corrected chi connectivity index (χ0v) is 18.1. The van der Waals surface area contributed by atoms with Crippen molar-refractivity contribution in [3.63, 3.8) is 0 Å². The molecule has 4 amide bonds. The van der Waals surface area contributed by atoms with Crippen molar-refractivity contribution in [2.45, 2.75) is 38.1 Å². The third kappa shape index (κ3) is 4.54. The lowest BCUT2D eigenvalue weighted by atomic mass is 9.91. The highest BCUT2D eigenvalue weighted by molar-refractivity contribution is 6.03. The minimum Gasteiger partial charge on any atom is -0.376 e. The number of carbonyl (C=O) groups excluding carboxylic acids is 3. The molecule has 1 saturated heterocycles. The normalized spacial score (nSPS) is 23.2. The number of ether oxygens (including phenoxy) is 1. The van der Waals surface area contributed by atoms with Crippen LogP contribution in [0.5, 0.6) is 0 Å². The molecule has 0 radical (unpaired) electrons. The number of likely N-dealkylation sites (N-methyl/N-ethyl adjacent to an activating group) is 1. The maximum Gasteiger partial charge on any atom is 0.416 e. The number of halogens is 3. The van der Waals surface area contributed by atoms with Crippen molar-refractivity contribution in [2.75, 3.05) is 32.8 Å². The molecular weight excluding hydrogens is 441 g/mol. The van der Waals surface area contributed by atoms with Gasteiger partial charge in [-0.25, -0.2) is 4.79 Å². The number of amides is 4. The average Bonchev–Trinajstić information content (AvgIpc) is 3.40. The molecule has 11 heteroatoms. The molecule has 3 aliphatic heterocycles. The Hall–Kier alpha value is -3.08. The minimum absolute atomic E-state index is 0.0343. The van der Waals surface area contributed by atoms with Crippen LogP contribution in [-0.4, -0.2) is 66.5 Å². The maximum absolute atomic E-state index is 13.6. The van der Waals surface area contributed by atoms with Gasteiger partial charge in [0.25, 0.3) is 5.91 Å². The van der Waals surface area contributed by atoms with E-state index in [9.17, 15) is 27.6 Å². The predicted octanol–water partition coefficient (Wildman–Crippen LogP) is 2.18. The SMILES string of the molecule is CCN1C(=O)N[C@@H](c2ccccc2C(F)(F)F)C2=C1CN(CC(=O)NC[C@H]1CCCO1)C2=O. The first-order valence-electron chi connectivity index (χ1n) is 10.9. The monoisotopic (exact) mass is 466 g/mol. The Labute approximate surface area is 188 Å². The molecule has 1 fully saturated rings. The van der Waals surface area contributed by atoms with Crippen molar-refractivity contribution in [1.29, 1.82) is 0 Å². The van der Waals surface area contributed by atoms with Crippen LogP contribution in [0.1, 0.15) is 36.9 Å². The lowest BCUT2D eigenvalue weighted by Crippen LogP contribution is -2.47. The lowest BCUT2D eigenvalue weighted by Gasteiger charge is -2.33. The first kappa shape index (κ1) is 23.1. The highest BCUT2D eigenvalue weighted by atomic mass is 19.4. The number of benzene rings is 1. The van der Waals surface area contributed by atoms with Crippen molar-refractivity contribution >= 4 is 17.8 Å². The van der Waals surface area contributed by atoms with Gasteiger partial charge in [0.2, 0.25) is 5.91 Å². The van der Waals surface area contributed by atoms with Gasteiger partial charge in [0.05, 0.1) is 35.5 Å². The fourth-order valence-corrected chi connectivity index (χ4v) is 4.51. The number of hydrogen-bond acceptors (Lipinski definition) is 4. The molecule has 2 atom stereocenters. The quantitative estimate of drug-likeness (QED) is 0.673. The Kier molecular flexibility index (Phi) is 6.33. The molecule has 1 aromatic carbocycles. The van der Waals surface area contributed by atoms with Gasteiger partial charge in [0.15, 0.2) is 0 Å². The van der Waals surface area contributed by atoms with Gasteiger partial charge in [0, 0.05) is 19.7 Å². The summed E-state index contributed by atoms with van der Waals surface area (Å²) in [6.45, 7) is 2.61. The van der Waals surface area contributed by atoms with Gasteiger partial charge in [0.1, 0.15) is 6.54 Å². The molecule has 0 bridgehead atoms. The molecular formula is C22H25F3N4O4. The molecule has 0 aliphatic carbocycles. The lowest BCUT2D eigenvalue weighted by molar-refractivity contribution is -0.138. The Morgan fingerprint density at radius 2 is 2.03 bits per heavy atom. The number of urea groups is 1. The zero-order valence-electron chi connectivity index (χ0n) is 18.1. The number of carbonyl (C=O) groups is 3. The molecule has 178 valence electrons. The van der Waals surface area contributed by atoms with Gasteiger partial charge in [-0.1, -0.05) is 18.2 Å². The summed E-state index contributed by atoms with van der Waals surface area (Å²) in [7, 11) is 0. The molecule has 0 spiro atoms.